The van der Waals surface area contributed by atoms with E-state index in [9.17, 15) is 14.4 Å². The van der Waals surface area contributed by atoms with Crippen molar-refractivity contribution in [1.82, 2.24) is 4.57 Å². The highest BCUT2D eigenvalue weighted by molar-refractivity contribution is 7.07. The lowest BCUT2D eigenvalue weighted by molar-refractivity contribution is -0.145. The van der Waals surface area contributed by atoms with E-state index in [1.807, 2.05) is 31.2 Å². The number of carbonyl (C=O) groups is 2. The van der Waals surface area contributed by atoms with E-state index in [4.69, 9.17) is 23.7 Å². The van der Waals surface area contributed by atoms with Gasteiger partial charge in [0.1, 0.15) is 11.8 Å². The van der Waals surface area contributed by atoms with Gasteiger partial charge < -0.3 is 23.7 Å². The van der Waals surface area contributed by atoms with Gasteiger partial charge in [-0.2, -0.15) is 0 Å². The maximum atomic E-state index is 14.0. The second-order valence-corrected chi connectivity index (χ2v) is 10.2. The van der Waals surface area contributed by atoms with Crippen molar-refractivity contribution >= 4 is 29.4 Å². The summed E-state index contributed by atoms with van der Waals surface area (Å²) in [6.45, 7) is 7.87. The van der Waals surface area contributed by atoms with Crippen molar-refractivity contribution in [3.8, 4) is 17.2 Å². The van der Waals surface area contributed by atoms with Crippen molar-refractivity contribution in [2.45, 2.75) is 40.2 Å². The molecular formula is C31H34N2O8S. The smallest absolute Gasteiger partial charge is 0.344 e. The number of fused-ring (bicyclic) bond motifs is 1. The van der Waals surface area contributed by atoms with Crippen LogP contribution in [0.25, 0.3) is 6.08 Å². The van der Waals surface area contributed by atoms with Crippen LogP contribution in [0.4, 0.5) is 0 Å². The summed E-state index contributed by atoms with van der Waals surface area (Å²) in [6.07, 6.45) is 2.52. The molecule has 0 saturated heterocycles. The fourth-order valence-electron chi connectivity index (χ4n) is 4.52. The molecule has 0 unspecified atom stereocenters. The minimum atomic E-state index is -0.788. The van der Waals surface area contributed by atoms with Crippen LogP contribution in [0.3, 0.4) is 0 Å². The second-order valence-electron chi connectivity index (χ2n) is 9.19. The van der Waals surface area contributed by atoms with Gasteiger partial charge in [0, 0.05) is 5.56 Å². The summed E-state index contributed by atoms with van der Waals surface area (Å²) in [5, 5.41) is 0. The molecule has 1 aromatic heterocycles. The molecule has 42 heavy (non-hydrogen) atoms. The van der Waals surface area contributed by atoms with Crippen LogP contribution in [0.5, 0.6) is 17.2 Å². The molecule has 0 aliphatic carbocycles. The number of para-hydroxylation sites is 1. The van der Waals surface area contributed by atoms with E-state index in [1.165, 1.54) is 23.0 Å². The molecule has 222 valence electrons. The number of thiazole rings is 1. The highest BCUT2D eigenvalue weighted by Gasteiger charge is 2.35. The summed E-state index contributed by atoms with van der Waals surface area (Å²) in [5.74, 6) is 0.312. The van der Waals surface area contributed by atoms with Gasteiger partial charge in [0.05, 0.1) is 42.7 Å². The van der Waals surface area contributed by atoms with E-state index in [0.29, 0.717) is 50.0 Å². The van der Waals surface area contributed by atoms with E-state index in [0.717, 1.165) is 6.42 Å². The maximum absolute atomic E-state index is 14.0. The topological polar surface area (TPSA) is 115 Å². The fourth-order valence-corrected chi connectivity index (χ4v) is 5.57. The average Bonchev–Trinajstić information content (AvgIpc) is 3.28. The first-order valence-electron chi connectivity index (χ1n) is 13.7. The molecule has 4 rings (SSSR count). The molecule has 1 aliphatic rings. The molecule has 11 heteroatoms. The van der Waals surface area contributed by atoms with Gasteiger partial charge in [-0.3, -0.25) is 9.36 Å². The number of aromatic nitrogens is 1. The molecule has 2 aromatic carbocycles. The van der Waals surface area contributed by atoms with E-state index in [2.05, 4.69) is 4.99 Å². The molecule has 2 heterocycles. The zero-order chi connectivity index (χ0) is 30.2. The molecule has 0 bridgehead atoms. The molecule has 0 fully saturated rings. The summed E-state index contributed by atoms with van der Waals surface area (Å²) in [5.41, 5.74) is 1.78. The predicted octanol–water partition coefficient (Wildman–Crippen LogP) is 3.54. The number of nitrogens with zero attached hydrogens (tertiary/aromatic N) is 2. The van der Waals surface area contributed by atoms with Gasteiger partial charge in [-0.1, -0.05) is 42.5 Å². The number of methoxy groups -OCH3 is 1. The Morgan fingerprint density at radius 1 is 1.00 bits per heavy atom. The standard InChI is InChI=1S/C31H34N2O8S/c1-6-15-40-22-12-10-9-11-21(22)28-27(30(36)39-8-3)19(4)32-31-33(28)29(35)25(42-31)17-20-13-14-23(24(16-20)37-5)41-18-26(34)38-7-2/h9-14,16-17,28H,6-8,15,18H2,1-5H3/b25-17-/t28-/m0/s1. The number of esters is 2. The monoisotopic (exact) mass is 594 g/mol. The van der Waals surface area contributed by atoms with Gasteiger partial charge >= 0.3 is 11.9 Å². The summed E-state index contributed by atoms with van der Waals surface area (Å²) in [6, 6.07) is 11.7. The van der Waals surface area contributed by atoms with Crippen LogP contribution >= 0.6 is 11.3 Å². The van der Waals surface area contributed by atoms with Gasteiger partial charge in [0.15, 0.2) is 22.9 Å². The van der Waals surface area contributed by atoms with Crippen LogP contribution in [0.2, 0.25) is 0 Å². The van der Waals surface area contributed by atoms with E-state index in [-0.39, 0.29) is 31.0 Å². The quantitative estimate of drug-likeness (QED) is 0.293. The number of carbonyl (C=O) groups excluding carboxylic acids is 2. The molecule has 0 saturated carbocycles. The molecule has 10 nitrogen and oxygen atoms in total. The Labute approximate surface area is 247 Å². The third-order valence-electron chi connectivity index (χ3n) is 6.33. The normalized spacial score (nSPS) is 14.6. The first kappa shape index (κ1) is 30.6. The lowest BCUT2D eigenvalue weighted by atomic mass is 9.95. The van der Waals surface area contributed by atoms with Gasteiger partial charge in [-0.05, 0) is 57.0 Å². The molecule has 1 atom stereocenters. The third-order valence-corrected chi connectivity index (χ3v) is 7.31. The van der Waals surface area contributed by atoms with Crippen molar-refractivity contribution in [1.29, 1.82) is 0 Å². The van der Waals surface area contributed by atoms with Crippen molar-refractivity contribution < 1.29 is 33.3 Å². The van der Waals surface area contributed by atoms with Crippen LogP contribution < -0.4 is 29.1 Å². The Kier molecular flexibility index (Phi) is 10.2. The first-order chi connectivity index (χ1) is 20.3. The minimum Gasteiger partial charge on any atom is -0.493 e. The van der Waals surface area contributed by atoms with E-state index < -0.39 is 18.0 Å². The van der Waals surface area contributed by atoms with Crippen molar-refractivity contribution in [3.05, 3.63) is 84.5 Å². The maximum Gasteiger partial charge on any atom is 0.344 e. The average molecular weight is 595 g/mol. The molecule has 0 N–H and O–H groups in total. The highest BCUT2D eigenvalue weighted by Crippen LogP contribution is 2.36. The summed E-state index contributed by atoms with van der Waals surface area (Å²) in [7, 11) is 1.49. The van der Waals surface area contributed by atoms with Crippen molar-refractivity contribution in [2.24, 2.45) is 4.99 Å². The summed E-state index contributed by atoms with van der Waals surface area (Å²) < 4.78 is 29.3. The van der Waals surface area contributed by atoms with Crippen LogP contribution in [-0.2, 0) is 19.1 Å². The SMILES string of the molecule is CCCOc1ccccc1[C@H]1C(C(=O)OCC)=C(C)N=c2s/c(=C\c3ccc(OCC(=O)OCC)c(OC)c3)c(=O)n21. The van der Waals surface area contributed by atoms with E-state index >= 15 is 0 Å². The molecule has 0 amide bonds. The van der Waals surface area contributed by atoms with Crippen molar-refractivity contribution in [3.63, 3.8) is 0 Å². The zero-order valence-electron chi connectivity index (χ0n) is 24.3. The molecule has 0 spiro atoms. The predicted molar refractivity (Wildman–Crippen MR) is 158 cm³/mol. The summed E-state index contributed by atoms with van der Waals surface area (Å²) in [4.78, 5) is 44.0. The minimum absolute atomic E-state index is 0.183. The number of rotatable bonds is 12. The van der Waals surface area contributed by atoms with Gasteiger partial charge in [-0.25, -0.2) is 14.6 Å². The van der Waals surface area contributed by atoms with Crippen molar-refractivity contribution in [2.75, 3.05) is 33.5 Å². The Balaban J connectivity index is 1.82. The number of ether oxygens (including phenoxy) is 5. The zero-order valence-corrected chi connectivity index (χ0v) is 25.1. The fraction of sp³-hybridized carbons (Fsp3) is 0.355. The van der Waals surface area contributed by atoms with Gasteiger partial charge in [0.25, 0.3) is 5.56 Å². The van der Waals surface area contributed by atoms with E-state index in [1.54, 1.807) is 45.0 Å². The molecule has 1 aliphatic heterocycles. The first-order valence-corrected chi connectivity index (χ1v) is 14.5. The van der Waals surface area contributed by atoms with Crippen LogP contribution in [0, 0.1) is 0 Å². The summed E-state index contributed by atoms with van der Waals surface area (Å²) >= 11 is 1.21. The Bertz CT molecular complexity index is 1670. The Morgan fingerprint density at radius 3 is 2.48 bits per heavy atom. The Hall–Kier alpha value is -4.38. The molecule has 3 aromatic rings. The lowest BCUT2D eigenvalue weighted by Gasteiger charge is -2.26. The van der Waals surface area contributed by atoms with Crippen LogP contribution in [0.1, 0.15) is 51.3 Å². The number of benzene rings is 2. The highest BCUT2D eigenvalue weighted by atomic mass is 32.1. The largest absolute Gasteiger partial charge is 0.493 e. The Morgan fingerprint density at radius 2 is 1.76 bits per heavy atom. The molecule has 0 radical (unpaired) electrons. The number of allylic oxidation sites excluding steroid dienone is 1. The van der Waals surface area contributed by atoms with Gasteiger partial charge in [-0.15, -0.1) is 0 Å². The lowest BCUT2D eigenvalue weighted by Crippen LogP contribution is -2.40. The number of hydrogen-bond donors (Lipinski definition) is 0. The van der Waals surface area contributed by atoms with Gasteiger partial charge in [0.2, 0.25) is 0 Å². The second kappa shape index (κ2) is 14.0. The van der Waals surface area contributed by atoms with Crippen LogP contribution in [0.15, 0.2) is 63.5 Å². The molecular weight excluding hydrogens is 560 g/mol. The van der Waals surface area contributed by atoms with Crippen LogP contribution in [-0.4, -0.2) is 50.0 Å². The third kappa shape index (κ3) is 6.57. The number of hydrogen-bond acceptors (Lipinski definition) is 10.